The topological polar surface area (TPSA) is 0 Å². The third kappa shape index (κ3) is 3.98. The fourth-order valence-electron chi connectivity index (χ4n) is 2.97. The van der Waals surface area contributed by atoms with Gasteiger partial charge in [0.25, 0.3) is 0 Å². The number of hydrogen-bond donors (Lipinski definition) is 0. The van der Waals surface area contributed by atoms with Crippen LogP contribution in [0.15, 0.2) is 61.2 Å². The van der Waals surface area contributed by atoms with Gasteiger partial charge in [0.15, 0.2) is 0 Å². The minimum atomic E-state index is -0.0897. The first kappa shape index (κ1) is 17.2. The standard InChI is InChI=1S/C22H25F/c1-6-16(3)18(5)21-17(4)10-12-20(22(21)23)13-11-19-9-7-8-15(2)14-19/h6-10,12,14,18H,1,3,11,13H2,2,4-5H3/t18-/m0/s1. The molecule has 0 fully saturated rings. The molecule has 1 atom stereocenters. The molecule has 0 nitrogen and oxygen atoms in total. The minimum Gasteiger partial charge on any atom is -0.206 e. The van der Waals surface area contributed by atoms with E-state index in [1.165, 1.54) is 11.1 Å². The zero-order valence-corrected chi connectivity index (χ0v) is 14.3. The summed E-state index contributed by atoms with van der Waals surface area (Å²) < 4.78 is 15.0. The lowest BCUT2D eigenvalue weighted by Gasteiger charge is -2.18. The van der Waals surface area contributed by atoms with Gasteiger partial charge in [-0.3, -0.25) is 0 Å². The summed E-state index contributed by atoms with van der Waals surface area (Å²) in [6.45, 7) is 13.8. The van der Waals surface area contributed by atoms with Gasteiger partial charge in [-0.05, 0) is 54.5 Å². The summed E-state index contributed by atoms with van der Waals surface area (Å²) in [6, 6.07) is 12.3. The molecule has 0 aliphatic rings. The molecule has 0 radical (unpaired) electrons. The van der Waals surface area contributed by atoms with E-state index in [-0.39, 0.29) is 11.7 Å². The maximum absolute atomic E-state index is 15.0. The molecule has 0 N–H and O–H groups in total. The molecule has 23 heavy (non-hydrogen) atoms. The number of halogens is 1. The molecule has 0 amide bonds. The SMILES string of the molecule is C=CC(=C)[C@H](C)c1c(C)ccc(CCc2cccc(C)c2)c1F. The molecule has 0 aliphatic heterocycles. The van der Waals surface area contributed by atoms with Crippen molar-refractivity contribution in [3.05, 3.63) is 94.8 Å². The normalized spacial score (nSPS) is 12.0. The largest absolute Gasteiger partial charge is 0.206 e. The van der Waals surface area contributed by atoms with Gasteiger partial charge >= 0.3 is 0 Å². The van der Waals surface area contributed by atoms with Crippen LogP contribution in [-0.4, -0.2) is 0 Å². The predicted octanol–water partition coefficient (Wildman–Crippen LogP) is 6.07. The molecule has 0 saturated heterocycles. The van der Waals surface area contributed by atoms with Crippen molar-refractivity contribution in [3.8, 4) is 0 Å². The van der Waals surface area contributed by atoms with Crippen molar-refractivity contribution < 1.29 is 4.39 Å². The summed E-state index contributed by atoms with van der Waals surface area (Å²) in [7, 11) is 0. The monoisotopic (exact) mass is 308 g/mol. The van der Waals surface area contributed by atoms with Gasteiger partial charge in [0.2, 0.25) is 0 Å². The molecule has 2 rings (SSSR count). The van der Waals surface area contributed by atoms with E-state index in [0.717, 1.165) is 28.7 Å². The summed E-state index contributed by atoms with van der Waals surface area (Å²) in [4.78, 5) is 0. The van der Waals surface area contributed by atoms with Gasteiger partial charge in [-0.1, -0.05) is 68.1 Å². The van der Waals surface area contributed by atoms with Crippen LogP contribution in [0.25, 0.3) is 0 Å². The maximum Gasteiger partial charge on any atom is 0.130 e. The third-order valence-electron chi connectivity index (χ3n) is 4.49. The quantitative estimate of drug-likeness (QED) is 0.568. The van der Waals surface area contributed by atoms with Gasteiger partial charge in [-0.15, -0.1) is 0 Å². The molecule has 0 aliphatic carbocycles. The Kier molecular flexibility index (Phi) is 5.54. The van der Waals surface area contributed by atoms with Crippen LogP contribution in [0.4, 0.5) is 4.39 Å². The van der Waals surface area contributed by atoms with E-state index in [0.29, 0.717) is 6.42 Å². The number of hydrogen-bond acceptors (Lipinski definition) is 0. The molecule has 1 heteroatoms. The molecular weight excluding hydrogens is 283 g/mol. The Bertz CT molecular complexity index is 725. The van der Waals surface area contributed by atoms with E-state index in [4.69, 9.17) is 0 Å². The zero-order valence-electron chi connectivity index (χ0n) is 14.3. The van der Waals surface area contributed by atoms with Gasteiger partial charge in [0.05, 0.1) is 0 Å². The number of benzene rings is 2. The summed E-state index contributed by atoms with van der Waals surface area (Å²) in [5.74, 6) is -0.139. The van der Waals surface area contributed by atoms with Crippen LogP contribution >= 0.6 is 0 Å². The highest BCUT2D eigenvalue weighted by molar-refractivity contribution is 5.41. The highest BCUT2D eigenvalue weighted by Gasteiger charge is 2.18. The summed E-state index contributed by atoms with van der Waals surface area (Å²) in [6.07, 6.45) is 3.26. The van der Waals surface area contributed by atoms with Gasteiger partial charge in [-0.2, -0.15) is 0 Å². The molecule has 0 spiro atoms. The maximum atomic E-state index is 15.0. The molecule has 120 valence electrons. The van der Waals surface area contributed by atoms with E-state index in [1.54, 1.807) is 6.08 Å². The predicted molar refractivity (Wildman–Crippen MR) is 97.5 cm³/mol. The fourth-order valence-corrected chi connectivity index (χ4v) is 2.97. The van der Waals surface area contributed by atoms with E-state index >= 15 is 0 Å². The Morgan fingerprint density at radius 2 is 1.91 bits per heavy atom. The average molecular weight is 308 g/mol. The van der Waals surface area contributed by atoms with E-state index < -0.39 is 0 Å². The first-order valence-electron chi connectivity index (χ1n) is 8.08. The molecule has 0 aromatic heterocycles. The highest BCUT2D eigenvalue weighted by atomic mass is 19.1. The Morgan fingerprint density at radius 3 is 2.57 bits per heavy atom. The Morgan fingerprint density at radius 1 is 1.17 bits per heavy atom. The minimum absolute atomic E-state index is 0.0496. The van der Waals surface area contributed by atoms with Crippen molar-refractivity contribution in [1.29, 1.82) is 0 Å². The van der Waals surface area contributed by atoms with Gasteiger partial charge in [-0.25, -0.2) is 4.39 Å². The average Bonchev–Trinajstić information content (AvgIpc) is 2.53. The van der Waals surface area contributed by atoms with Crippen molar-refractivity contribution in [2.75, 3.05) is 0 Å². The summed E-state index contributed by atoms with van der Waals surface area (Å²) in [5.41, 5.74) is 5.83. The second-order valence-electron chi connectivity index (χ2n) is 6.26. The fraction of sp³-hybridized carbons (Fsp3) is 0.273. The summed E-state index contributed by atoms with van der Waals surface area (Å²) in [5, 5.41) is 0. The van der Waals surface area contributed by atoms with Crippen LogP contribution < -0.4 is 0 Å². The smallest absolute Gasteiger partial charge is 0.130 e. The van der Waals surface area contributed by atoms with Gasteiger partial charge in [0, 0.05) is 5.92 Å². The second-order valence-corrected chi connectivity index (χ2v) is 6.26. The summed E-state index contributed by atoms with van der Waals surface area (Å²) >= 11 is 0. The van der Waals surface area contributed by atoms with Crippen molar-refractivity contribution in [1.82, 2.24) is 0 Å². The Labute approximate surface area is 139 Å². The van der Waals surface area contributed by atoms with E-state index in [1.807, 2.05) is 26.0 Å². The van der Waals surface area contributed by atoms with Crippen molar-refractivity contribution in [2.45, 2.75) is 39.5 Å². The molecule has 0 saturated carbocycles. The third-order valence-corrected chi connectivity index (χ3v) is 4.49. The molecule has 0 unspecified atom stereocenters. The molecule has 2 aromatic rings. The first-order valence-corrected chi connectivity index (χ1v) is 8.08. The second kappa shape index (κ2) is 7.41. The first-order chi connectivity index (χ1) is 10.9. The van der Waals surface area contributed by atoms with Crippen LogP contribution in [-0.2, 0) is 12.8 Å². The lowest BCUT2D eigenvalue weighted by atomic mass is 9.87. The highest BCUT2D eigenvalue weighted by Crippen LogP contribution is 2.30. The van der Waals surface area contributed by atoms with E-state index in [9.17, 15) is 4.39 Å². The van der Waals surface area contributed by atoms with Crippen molar-refractivity contribution in [2.24, 2.45) is 0 Å². The van der Waals surface area contributed by atoms with Crippen LogP contribution in [0, 0.1) is 19.7 Å². The Balaban J connectivity index is 2.26. The van der Waals surface area contributed by atoms with Crippen LogP contribution in [0.5, 0.6) is 0 Å². The van der Waals surface area contributed by atoms with Gasteiger partial charge < -0.3 is 0 Å². The lowest BCUT2D eigenvalue weighted by Crippen LogP contribution is -2.06. The molecule has 0 heterocycles. The zero-order chi connectivity index (χ0) is 17.0. The van der Waals surface area contributed by atoms with Crippen LogP contribution in [0.1, 0.15) is 40.7 Å². The number of aryl methyl sites for hydroxylation is 4. The van der Waals surface area contributed by atoms with Crippen molar-refractivity contribution in [3.63, 3.8) is 0 Å². The van der Waals surface area contributed by atoms with Gasteiger partial charge in [0.1, 0.15) is 5.82 Å². The van der Waals surface area contributed by atoms with E-state index in [2.05, 4.69) is 44.3 Å². The number of allylic oxidation sites excluding steroid dienone is 2. The van der Waals surface area contributed by atoms with Crippen LogP contribution in [0.3, 0.4) is 0 Å². The Hall–Kier alpha value is -2.15. The molecular formula is C22H25F. The number of rotatable bonds is 6. The van der Waals surface area contributed by atoms with Crippen molar-refractivity contribution >= 4 is 0 Å². The molecule has 2 aromatic carbocycles. The molecule has 0 bridgehead atoms. The van der Waals surface area contributed by atoms with Crippen LogP contribution in [0.2, 0.25) is 0 Å². The lowest BCUT2D eigenvalue weighted by molar-refractivity contribution is 0.583.